The molecule has 0 bridgehead atoms. The van der Waals surface area contributed by atoms with Crippen LogP contribution in [0.25, 0.3) is 0 Å². The number of ketones is 1. The Morgan fingerprint density at radius 1 is 0.852 bits per heavy atom. The highest BCUT2D eigenvalue weighted by atomic mass is 16.4. The van der Waals surface area contributed by atoms with Gasteiger partial charge in [-0.2, -0.15) is 0 Å². The Labute approximate surface area is 159 Å². The zero-order valence-electron chi connectivity index (χ0n) is 16.7. The summed E-state index contributed by atoms with van der Waals surface area (Å²) in [5.74, 6) is -2.87. The molecule has 10 nitrogen and oxygen atoms in total. The van der Waals surface area contributed by atoms with Gasteiger partial charge in [0.1, 0.15) is 12.1 Å². The lowest BCUT2D eigenvalue weighted by atomic mass is 10.0. The molecular weight excluding hydrogens is 356 g/mol. The standard InChI is InChI=1S/C17H30N4O6/c1-9(2)7-12(19-17(26)27)14(23)18-13(8-10(3)4)15(24)20-21(6)16(25)11(5)22/h9-10,12-13,19H,7-8H2,1-6H3,(H,18,23)(H,20,24)(H,26,27). The molecule has 0 spiro atoms. The topological polar surface area (TPSA) is 145 Å². The van der Waals surface area contributed by atoms with Crippen molar-refractivity contribution in [1.82, 2.24) is 21.1 Å². The van der Waals surface area contributed by atoms with Gasteiger partial charge in [-0.15, -0.1) is 0 Å². The van der Waals surface area contributed by atoms with E-state index in [2.05, 4.69) is 16.1 Å². The fraction of sp³-hybridized carbons (Fsp3) is 0.706. The summed E-state index contributed by atoms with van der Waals surface area (Å²) in [5, 5.41) is 14.4. The molecule has 0 heterocycles. The van der Waals surface area contributed by atoms with Crippen molar-refractivity contribution < 1.29 is 29.1 Å². The largest absolute Gasteiger partial charge is 0.465 e. The van der Waals surface area contributed by atoms with E-state index in [1.54, 1.807) is 0 Å². The monoisotopic (exact) mass is 386 g/mol. The third-order valence-corrected chi connectivity index (χ3v) is 3.55. The number of hydrazine groups is 1. The fourth-order valence-electron chi connectivity index (χ4n) is 2.36. The van der Waals surface area contributed by atoms with Crippen LogP contribution >= 0.6 is 0 Å². The van der Waals surface area contributed by atoms with Gasteiger partial charge in [0.05, 0.1) is 0 Å². The van der Waals surface area contributed by atoms with E-state index in [9.17, 15) is 24.0 Å². The Bertz CT molecular complexity index is 576. The lowest BCUT2D eigenvalue weighted by molar-refractivity contribution is -0.148. The molecule has 0 aromatic heterocycles. The Kier molecular flexibility index (Phi) is 10.1. The highest BCUT2D eigenvalue weighted by Crippen LogP contribution is 2.09. The van der Waals surface area contributed by atoms with Gasteiger partial charge >= 0.3 is 12.0 Å². The molecule has 10 heteroatoms. The highest BCUT2D eigenvalue weighted by Gasteiger charge is 2.29. The average molecular weight is 386 g/mol. The molecule has 2 unspecified atom stereocenters. The van der Waals surface area contributed by atoms with Crippen LogP contribution in [0.2, 0.25) is 0 Å². The number of hydrogen-bond acceptors (Lipinski definition) is 5. The summed E-state index contributed by atoms with van der Waals surface area (Å²) in [4.78, 5) is 58.6. The Morgan fingerprint density at radius 3 is 1.67 bits per heavy atom. The average Bonchev–Trinajstić information content (AvgIpc) is 2.50. The summed E-state index contributed by atoms with van der Waals surface area (Å²) < 4.78 is 0. The number of amides is 4. The second kappa shape index (κ2) is 11.1. The molecule has 0 aliphatic carbocycles. The van der Waals surface area contributed by atoms with Crippen LogP contribution in [0.1, 0.15) is 47.5 Å². The summed E-state index contributed by atoms with van der Waals surface area (Å²) in [6.45, 7) is 8.44. The number of nitrogens with one attached hydrogen (secondary N) is 3. The van der Waals surface area contributed by atoms with Gasteiger partial charge in [-0.3, -0.25) is 29.6 Å². The first kappa shape index (κ1) is 24.4. The van der Waals surface area contributed by atoms with Gasteiger partial charge in [-0.05, 0) is 24.7 Å². The number of carbonyl (C=O) groups excluding carboxylic acids is 4. The molecule has 0 saturated heterocycles. The smallest absolute Gasteiger partial charge is 0.405 e. The first-order chi connectivity index (χ1) is 12.3. The van der Waals surface area contributed by atoms with Crippen LogP contribution in [0.3, 0.4) is 0 Å². The Morgan fingerprint density at radius 2 is 1.30 bits per heavy atom. The predicted molar refractivity (Wildman–Crippen MR) is 97.4 cm³/mol. The number of carboxylic acid groups (broad SMARTS) is 1. The lowest BCUT2D eigenvalue weighted by Gasteiger charge is -2.26. The van der Waals surface area contributed by atoms with Crippen LogP contribution in [-0.2, 0) is 19.2 Å². The SMILES string of the molecule is CC(=O)C(=O)N(C)NC(=O)C(CC(C)C)NC(=O)C(CC(C)C)NC(=O)O. The zero-order valence-corrected chi connectivity index (χ0v) is 16.7. The van der Waals surface area contributed by atoms with Crippen LogP contribution < -0.4 is 16.1 Å². The molecule has 0 radical (unpaired) electrons. The molecule has 4 amide bonds. The minimum Gasteiger partial charge on any atom is -0.465 e. The third kappa shape index (κ3) is 9.57. The second-order valence-corrected chi connectivity index (χ2v) is 7.22. The van der Waals surface area contributed by atoms with Gasteiger partial charge in [0, 0.05) is 14.0 Å². The molecule has 2 atom stereocenters. The number of nitrogens with zero attached hydrogens (tertiary/aromatic N) is 1. The summed E-state index contributed by atoms with van der Waals surface area (Å²) in [6, 6.07) is -2.01. The van der Waals surface area contributed by atoms with Gasteiger partial charge in [-0.1, -0.05) is 27.7 Å². The molecular formula is C17H30N4O6. The molecule has 0 aromatic carbocycles. The van der Waals surface area contributed by atoms with Crippen molar-refractivity contribution in [3.05, 3.63) is 0 Å². The van der Waals surface area contributed by atoms with Crippen LogP contribution in [-0.4, -0.2) is 58.8 Å². The van der Waals surface area contributed by atoms with Crippen molar-refractivity contribution in [2.24, 2.45) is 11.8 Å². The molecule has 0 saturated carbocycles. The maximum absolute atomic E-state index is 12.5. The van der Waals surface area contributed by atoms with Crippen molar-refractivity contribution >= 4 is 29.6 Å². The van der Waals surface area contributed by atoms with Crippen molar-refractivity contribution in [2.45, 2.75) is 59.5 Å². The first-order valence-corrected chi connectivity index (χ1v) is 8.74. The lowest BCUT2D eigenvalue weighted by Crippen LogP contribution is -2.57. The van der Waals surface area contributed by atoms with Crippen molar-refractivity contribution in [1.29, 1.82) is 0 Å². The van der Waals surface area contributed by atoms with Gasteiger partial charge in [0.25, 0.3) is 5.91 Å². The minimum atomic E-state index is -1.34. The van der Waals surface area contributed by atoms with E-state index in [-0.39, 0.29) is 24.7 Å². The minimum absolute atomic E-state index is 0.0332. The summed E-state index contributed by atoms with van der Waals surface area (Å²) in [6.07, 6.45) is -0.815. The normalized spacial score (nSPS) is 12.9. The molecule has 154 valence electrons. The fourth-order valence-corrected chi connectivity index (χ4v) is 2.36. The molecule has 0 aliphatic heterocycles. The Balaban J connectivity index is 5.23. The van der Waals surface area contributed by atoms with Gasteiger partial charge in [0.2, 0.25) is 11.7 Å². The van der Waals surface area contributed by atoms with Crippen LogP contribution in [0, 0.1) is 11.8 Å². The second-order valence-electron chi connectivity index (χ2n) is 7.22. The number of likely N-dealkylation sites (N-methyl/N-ethyl adjacent to an activating group) is 1. The maximum atomic E-state index is 12.5. The van der Waals surface area contributed by atoms with E-state index < -0.39 is 41.7 Å². The molecule has 0 aliphatic rings. The summed E-state index contributed by atoms with van der Waals surface area (Å²) in [5.41, 5.74) is 2.26. The predicted octanol–water partition coefficient (Wildman–Crippen LogP) is 0.278. The third-order valence-electron chi connectivity index (χ3n) is 3.55. The number of hydrogen-bond donors (Lipinski definition) is 4. The van der Waals surface area contributed by atoms with Crippen molar-refractivity contribution in [3.8, 4) is 0 Å². The molecule has 27 heavy (non-hydrogen) atoms. The first-order valence-electron chi connectivity index (χ1n) is 8.74. The van der Waals surface area contributed by atoms with Crippen LogP contribution in [0.5, 0.6) is 0 Å². The van der Waals surface area contributed by atoms with Crippen LogP contribution in [0.15, 0.2) is 0 Å². The summed E-state index contributed by atoms with van der Waals surface area (Å²) in [7, 11) is 1.23. The molecule has 4 N–H and O–H groups in total. The number of Topliss-reactive ketones (excluding diaryl/α,β-unsaturated/α-hetero) is 1. The highest BCUT2D eigenvalue weighted by molar-refractivity contribution is 6.35. The number of carbonyl (C=O) groups is 5. The van der Waals surface area contributed by atoms with Crippen molar-refractivity contribution in [3.63, 3.8) is 0 Å². The van der Waals surface area contributed by atoms with E-state index >= 15 is 0 Å². The number of rotatable bonds is 9. The quantitative estimate of drug-likeness (QED) is 0.331. The maximum Gasteiger partial charge on any atom is 0.405 e. The van der Waals surface area contributed by atoms with E-state index in [1.165, 1.54) is 7.05 Å². The van der Waals surface area contributed by atoms with E-state index in [4.69, 9.17) is 5.11 Å². The van der Waals surface area contributed by atoms with E-state index in [0.717, 1.165) is 11.9 Å². The van der Waals surface area contributed by atoms with Crippen molar-refractivity contribution in [2.75, 3.05) is 7.05 Å². The molecule has 0 rings (SSSR count). The molecule has 0 aromatic rings. The Hall–Kier alpha value is -2.65. The van der Waals surface area contributed by atoms with E-state index in [0.29, 0.717) is 0 Å². The zero-order chi connectivity index (χ0) is 21.3. The van der Waals surface area contributed by atoms with Gasteiger partial charge < -0.3 is 15.7 Å². The van der Waals surface area contributed by atoms with Crippen LogP contribution in [0.4, 0.5) is 4.79 Å². The molecule has 0 fully saturated rings. The summed E-state index contributed by atoms with van der Waals surface area (Å²) >= 11 is 0. The van der Waals surface area contributed by atoms with E-state index in [1.807, 2.05) is 27.7 Å². The van der Waals surface area contributed by atoms with Gasteiger partial charge in [-0.25, -0.2) is 4.79 Å². The van der Waals surface area contributed by atoms with Gasteiger partial charge in [0.15, 0.2) is 0 Å².